The summed E-state index contributed by atoms with van der Waals surface area (Å²) in [6.07, 6.45) is 0. The predicted molar refractivity (Wildman–Crippen MR) is 75.8 cm³/mol. The van der Waals surface area contributed by atoms with E-state index in [0.29, 0.717) is 9.26 Å². The third-order valence-electron chi connectivity index (χ3n) is 2.88. The smallest absolute Gasteiger partial charge is 0.368 e. The van der Waals surface area contributed by atoms with E-state index in [0.717, 1.165) is 9.13 Å². The molecule has 2 N–H and O–H groups in total. The number of hydrogen-bond acceptors (Lipinski definition) is 3. The van der Waals surface area contributed by atoms with Crippen molar-refractivity contribution in [1.82, 2.24) is 10.2 Å². The van der Waals surface area contributed by atoms with Crippen molar-refractivity contribution in [2.75, 3.05) is 0 Å². The fraction of sp³-hybridized carbons (Fsp3) is 0. The Balaban J connectivity index is 2.07. The molecule has 3 aromatic rings. The molecule has 0 aliphatic heterocycles. The molecule has 0 amide bonds. The van der Waals surface area contributed by atoms with Crippen molar-refractivity contribution in [2.24, 2.45) is 0 Å². The van der Waals surface area contributed by atoms with E-state index in [9.17, 15) is 9.90 Å². The highest BCUT2D eigenvalue weighted by Crippen LogP contribution is 2.23. The van der Waals surface area contributed by atoms with Gasteiger partial charge in [-0.25, -0.2) is 5.10 Å². The monoisotopic (exact) mass is 391 g/mol. The number of halogens is 1. The minimum atomic E-state index is -0.757. The molecular formula is C16H12IN2O2+. The third kappa shape index (κ3) is 2.97. The Morgan fingerprint density at radius 3 is 2.24 bits per heavy atom. The number of H-pyrrole nitrogens is 1. The summed E-state index contributed by atoms with van der Waals surface area (Å²) in [6.45, 7) is 0. The fourth-order valence-electron chi connectivity index (χ4n) is 1.89. The second-order valence-electron chi connectivity index (χ2n) is 4.32. The number of rotatable bonds is 3. The van der Waals surface area contributed by atoms with Crippen LogP contribution in [-0.4, -0.2) is 15.3 Å². The first-order valence-corrected chi connectivity index (χ1v) is 8.48. The van der Waals surface area contributed by atoms with Crippen molar-refractivity contribution in [1.29, 1.82) is 0 Å². The van der Waals surface area contributed by atoms with E-state index in [1.54, 1.807) is 0 Å². The second-order valence-corrected chi connectivity index (χ2v) is 7.18. The average molecular weight is 391 g/mol. The Morgan fingerprint density at radius 1 is 0.952 bits per heavy atom. The van der Waals surface area contributed by atoms with Crippen molar-refractivity contribution < 1.29 is 26.3 Å². The molecule has 0 bridgehead atoms. The van der Waals surface area contributed by atoms with Crippen LogP contribution in [0.25, 0.3) is 11.3 Å². The maximum absolute atomic E-state index is 12.0. The number of benzene rings is 2. The molecule has 1 aromatic heterocycles. The summed E-state index contributed by atoms with van der Waals surface area (Å²) in [6, 6.07) is 19.1. The lowest BCUT2D eigenvalue weighted by atomic mass is 10.1. The minimum Gasteiger partial charge on any atom is -0.502 e. The van der Waals surface area contributed by atoms with Crippen LogP contribution in [0.4, 0.5) is 0 Å². The summed E-state index contributed by atoms with van der Waals surface area (Å²) in [5.41, 5.74) is 0.884. The molecule has 0 aliphatic rings. The predicted octanol–water partition coefficient (Wildman–Crippen LogP) is -0.729. The van der Waals surface area contributed by atoms with Crippen molar-refractivity contribution in [3.05, 3.63) is 78.2 Å². The Labute approximate surface area is 131 Å². The minimum absolute atomic E-state index is 0.0124. The fourth-order valence-corrected chi connectivity index (χ4v) is 4.17. The molecule has 0 radical (unpaired) electrons. The van der Waals surface area contributed by atoms with Gasteiger partial charge in [-0.15, -0.1) is 0 Å². The van der Waals surface area contributed by atoms with Crippen LogP contribution in [0, 0.1) is 7.14 Å². The zero-order chi connectivity index (χ0) is 14.7. The van der Waals surface area contributed by atoms with Crippen LogP contribution in [0.1, 0.15) is 0 Å². The van der Waals surface area contributed by atoms with Gasteiger partial charge in [-0.2, -0.15) is 5.10 Å². The largest absolute Gasteiger partial charge is 0.502 e. The molecule has 0 spiro atoms. The second kappa shape index (κ2) is 6.09. The van der Waals surface area contributed by atoms with Crippen molar-refractivity contribution in [3.63, 3.8) is 0 Å². The van der Waals surface area contributed by atoms with Gasteiger partial charge in [0.15, 0.2) is 3.57 Å². The van der Waals surface area contributed by atoms with Gasteiger partial charge in [0, 0.05) is 5.56 Å². The van der Waals surface area contributed by atoms with Crippen LogP contribution in [0.3, 0.4) is 0 Å². The lowest BCUT2D eigenvalue weighted by Gasteiger charge is -2.01. The topological polar surface area (TPSA) is 66.0 Å². The SMILES string of the molecule is O=c1[nH]nc(-c2ccccc2)c(O)c1[I+]c1ccccc1. The summed E-state index contributed by atoms with van der Waals surface area (Å²) in [5, 5.41) is 16.9. The van der Waals surface area contributed by atoms with Crippen LogP contribution in [0.2, 0.25) is 0 Å². The van der Waals surface area contributed by atoms with E-state index in [2.05, 4.69) is 10.2 Å². The molecule has 104 valence electrons. The molecule has 0 saturated carbocycles. The first-order valence-electron chi connectivity index (χ1n) is 6.32. The maximum atomic E-state index is 12.0. The van der Waals surface area contributed by atoms with Gasteiger partial charge < -0.3 is 5.11 Å². The van der Waals surface area contributed by atoms with E-state index in [4.69, 9.17) is 0 Å². The number of aromatic amines is 1. The van der Waals surface area contributed by atoms with E-state index in [-0.39, 0.29) is 11.3 Å². The van der Waals surface area contributed by atoms with Gasteiger partial charge in [0.05, 0.1) is 0 Å². The summed E-state index contributed by atoms with van der Waals surface area (Å²) in [5.74, 6) is -0.0124. The van der Waals surface area contributed by atoms with Gasteiger partial charge in [0.1, 0.15) is 5.69 Å². The Kier molecular flexibility index (Phi) is 4.01. The molecule has 21 heavy (non-hydrogen) atoms. The van der Waals surface area contributed by atoms with E-state index in [1.807, 2.05) is 60.7 Å². The third-order valence-corrected chi connectivity index (χ3v) is 5.77. The number of aromatic nitrogens is 2. The number of hydrogen-bond donors (Lipinski definition) is 2. The van der Waals surface area contributed by atoms with Crippen molar-refractivity contribution in [2.45, 2.75) is 0 Å². The Hall–Kier alpha value is -2.15. The number of nitrogens with one attached hydrogen (secondary N) is 1. The zero-order valence-corrected chi connectivity index (χ0v) is 13.1. The summed E-state index contributed by atoms with van der Waals surface area (Å²) < 4.78 is 1.51. The molecule has 2 aromatic carbocycles. The summed E-state index contributed by atoms with van der Waals surface area (Å²) in [7, 11) is 0. The highest BCUT2D eigenvalue weighted by Gasteiger charge is 2.28. The lowest BCUT2D eigenvalue weighted by Crippen LogP contribution is -3.62. The van der Waals surface area contributed by atoms with E-state index < -0.39 is 21.2 Å². The van der Waals surface area contributed by atoms with Gasteiger partial charge in [-0.05, 0) is 12.1 Å². The molecule has 1 heterocycles. The maximum Gasteiger partial charge on any atom is 0.368 e. The van der Waals surface area contributed by atoms with Crippen molar-refractivity contribution >= 4 is 0 Å². The molecule has 0 saturated heterocycles. The van der Waals surface area contributed by atoms with Crippen LogP contribution in [0.15, 0.2) is 65.5 Å². The highest BCUT2D eigenvalue weighted by molar-refractivity contribution is 5.64. The van der Waals surface area contributed by atoms with Gasteiger partial charge >= 0.3 is 30.3 Å². The molecule has 5 heteroatoms. The summed E-state index contributed by atoms with van der Waals surface area (Å²) in [4.78, 5) is 12.0. The normalized spacial score (nSPS) is 10.5. The van der Waals surface area contributed by atoms with Crippen molar-refractivity contribution in [3.8, 4) is 17.0 Å². The van der Waals surface area contributed by atoms with E-state index in [1.165, 1.54) is 0 Å². The Bertz CT molecular complexity index is 802. The standard InChI is InChI=1S/C16H11IN2O2/c20-15-13(17-12-9-5-2-6-10-12)16(21)19-18-14(15)11-7-3-1-4-8-11/h1-10H,(H-,19,20,21)/p+1. The quantitative estimate of drug-likeness (QED) is 0.579. The molecule has 3 rings (SSSR count). The highest BCUT2D eigenvalue weighted by atomic mass is 127. The molecule has 4 nitrogen and oxygen atoms in total. The van der Waals surface area contributed by atoms with Crippen LogP contribution in [0.5, 0.6) is 5.75 Å². The first-order chi connectivity index (χ1) is 10.3. The average Bonchev–Trinajstić information content (AvgIpc) is 2.53. The number of nitrogens with zero attached hydrogens (tertiary/aromatic N) is 1. The first kappa shape index (κ1) is 13.8. The number of aromatic hydroxyl groups is 1. The molecule has 0 fully saturated rings. The van der Waals surface area contributed by atoms with Crippen LogP contribution >= 0.6 is 0 Å². The van der Waals surface area contributed by atoms with Crippen LogP contribution in [-0.2, 0) is 0 Å². The summed E-state index contributed by atoms with van der Waals surface area (Å²) >= 11 is -0.757. The molecule has 0 unspecified atom stereocenters. The van der Waals surface area contributed by atoms with Crippen LogP contribution < -0.4 is 26.8 Å². The molecule has 0 atom stereocenters. The lowest BCUT2D eigenvalue weighted by molar-refractivity contribution is -0.600. The van der Waals surface area contributed by atoms with Gasteiger partial charge in [0.25, 0.3) is 0 Å². The Morgan fingerprint density at radius 2 is 1.57 bits per heavy atom. The van der Waals surface area contributed by atoms with Gasteiger partial charge in [-0.1, -0.05) is 48.5 Å². The zero-order valence-electron chi connectivity index (χ0n) is 11.0. The molecule has 0 aliphatic carbocycles. The molecular weight excluding hydrogens is 379 g/mol. The van der Waals surface area contributed by atoms with Gasteiger partial charge in [-0.3, -0.25) is 4.79 Å². The van der Waals surface area contributed by atoms with E-state index >= 15 is 0 Å². The van der Waals surface area contributed by atoms with Gasteiger partial charge in [0.2, 0.25) is 5.75 Å².